The summed E-state index contributed by atoms with van der Waals surface area (Å²) in [6.07, 6.45) is 3.83. The second-order valence-corrected chi connectivity index (χ2v) is 5.14. The van der Waals surface area contributed by atoms with Gasteiger partial charge in [-0.1, -0.05) is 25.5 Å². The number of amides is 2. The van der Waals surface area contributed by atoms with Crippen LogP contribution in [0.5, 0.6) is 5.75 Å². The van der Waals surface area contributed by atoms with Crippen molar-refractivity contribution in [2.24, 2.45) is 0 Å². The summed E-state index contributed by atoms with van der Waals surface area (Å²) in [4.78, 5) is 22.8. The number of thioether (sulfide) groups is 1. The number of carbonyl (C=O) groups excluding carboxylic acids is 2. The van der Waals surface area contributed by atoms with Gasteiger partial charge in [-0.3, -0.25) is 14.9 Å². The molecule has 100 valence electrons. The minimum atomic E-state index is -0.335. The molecular weight excluding hydrogens is 262 g/mol. The van der Waals surface area contributed by atoms with Gasteiger partial charge in [-0.15, -0.1) is 0 Å². The summed E-state index contributed by atoms with van der Waals surface area (Å²) >= 11 is 0.920. The molecule has 1 aliphatic rings. The van der Waals surface area contributed by atoms with Gasteiger partial charge in [0.1, 0.15) is 5.75 Å². The molecule has 1 N–H and O–H groups in total. The van der Waals surface area contributed by atoms with Crippen LogP contribution in [0.4, 0.5) is 4.79 Å². The van der Waals surface area contributed by atoms with E-state index in [2.05, 4.69) is 12.2 Å². The molecule has 0 bridgehead atoms. The molecule has 0 atom stereocenters. The fourth-order valence-corrected chi connectivity index (χ4v) is 2.25. The van der Waals surface area contributed by atoms with E-state index in [0.29, 0.717) is 11.5 Å². The summed E-state index contributed by atoms with van der Waals surface area (Å²) in [5, 5.41) is 1.90. The van der Waals surface area contributed by atoms with E-state index in [-0.39, 0.29) is 11.1 Å². The largest absolute Gasteiger partial charge is 0.494 e. The highest BCUT2D eigenvalue weighted by Gasteiger charge is 2.24. The number of carbonyl (C=O) groups is 2. The van der Waals surface area contributed by atoms with E-state index in [1.165, 1.54) is 0 Å². The molecule has 0 aliphatic carbocycles. The molecule has 19 heavy (non-hydrogen) atoms. The number of imide groups is 1. The van der Waals surface area contributed by atoms with Crippen LogP contribution in [0.2, 0.25) is 0 Å². The van der Waals surface area contributed by atoms with E-state index in [4.69, 9.17) is 4.74 Å². The van der Waals surface area contributed by atoms with Gasteiger partial charge in [-0.05, 0) is 42.0 Å². The Labute approximate surface area is 116 Å². The minimum Gasteiger partial charge on any atom is -0.494 e. The molecule has 5 heteroatoms. The quantitative estimate of drug-likeness (QED) is 0.663. The molecule has 0 radical (unpaired) electrons. The topological polar surface area (TPSA) is 55.4 Å². The lowest BCUT2D eigenvalue weighted by atomic mass is 10.2. The van der Waals surface area contributed by atoms with Gasteiger partial charge in [0, 0.05) is 0 Å². The van der Waals surface area contributed by atoms with Crippen LogP contribution in [0.1, 0.15) is 25.3 Å². The Kier molecular flexibility index (Phi) is 4.63. The molecule has 1 saturated heterocycles. The number of unbranched alkanes of at least 4 members (excludes halogenated alkanes) is 1. The normalized spacial score (nSPS) is 16.8. The van der Waals surface area contributed by atoms with Crippen molar-refractivity contribution in [2.75, 3.05) is 6.61 Å². The van der Waals surface area contributed by atoms with Gasteiger partial charge in [0.25, 0.3) is 11.1 Å². The van der Waals surface area contributed by atoms with Crippen molar-refractivity contribution in [3.63, 3.8) is 0 Å². The summed E-state index contributed by atoms with van der Waals surface area (Å²) in [5.41, 5.74) is 0.871. The first kappa shape index (κ1) is 13.7. The average molecular weight is 277 g/mol. The van der Waals surface area contributed by atoms with Crippen LogP contribution in [-0.2, 0) is 4.79 Å². The zero-order chi connectivity index (χ0) is 13.7. The van der Waals surface area contributed by atoms with Crippen LogP contribution in [0.3, 0.4) is 0 Å². The van der Waals surface area contributed by atoms with Crippen LogP contribution in [-0.4, -0.2) is 17.8 Å². The zero-order valence-electron chi connectivity index (χ0n) is 10.6. The molecule has 0 spiro atoms. The third-order valence-corrected chi connectivity index (χ3v) is 3.40. The molecule has 1 aliphatic heterocycles. The van der Waals surface area contributed by atoms with Gasteiger partial charge >= 0.3 is 0 Å². The molecule has 1 fully saturated rings. The first-order valence-corrected chi connectivity index (χ1v) is 6.98. The van der Waals surface area contributed by atoms with E-state index in [1.54, 1.807) is 6.08 Å². The summed E-state index contributed by atoms with van der Waals surface area (Å²) < 4.78 is 5.55. The predicted octanol–water partition coefficient (Wildman–Crippen LogP) is 3.19. The van der Waals surface area contributed by atoms with E-state index in [1.807, 2.05) is 24.3 Å². The van der Waals surface area contributed by atoms with Gasteiger partial charge in [0.05, 0.1) is 11.5 Å². The Balaban J connectivity index is 2.00. The Bertz CT molecular complexity index is 508. The molecular formula is C14H15NO3S. The van der Waals surface area contributed by atoms with Crippen molar-refractivity contribution < 1.29 is 14.3 Å². The summed E-state index contributed by atoms with van der Waals surface area (Å²) in [7, 11) is 0. The Morgan fingerprint density at radius 1 is 1.26 bits per heavy atom. The smallest absolute Gasteiger partial charge is 0.290 e. The molecule has 0 aromatic heterocycles. The van der Waals surface area contributed by atoms with Crippen molar-refractivity contribution in [3.05, 3.63) is 34.7 Å². The Morgan fingerprint density at radius 2 is 2.00 bits per heavy atom. The Morgan fingerprint density at radius 3 is 2.58 bits per heavy atom. The number of hydrogen-bond donors (Lipinski definition) is 1. The third-order valence-electron chi connectivity index (χ3n) is 2.59. The molecule has 4 nitrogen and oxygen atoms in total. The fourth-order valence-electron chi connectivity index (χ4n) is 1.57. The highest BCUT2D eigenvalue weighted by molar-refractivity contribution is 8.18. The number of ether oxygens (including phenoxy) is 1. The standard InChI is InChI=1S/C14H15NO3S/c1-2-3-8-18-11-6-4-10(5-7-11)9-12-13(16)15-14(17)19-12/h4-7,9H,2-3,8H2,1H3,(H,15,16,17)/b12-9-. The monoisotopic (exact) mass is 277 g/mol. The van der Waals surface area contributed by atoms with E-state index in [0.717, 1.165) is 35.9 Å². The van der Waals surface area contributed by atoms with Crippen molar-refractivity contribution in [3.8, 4) is 5.75 Å². The van der Waals surface area contributed by atoms with Crippen molar-refractivity contribution in [2.45, 2.75) is 19.8 Å². The van der Waals surface area contributed by atoms with Crippen molar-refractivity contribution in [1.82, 2.24) is 5.32 Å². The number of hydrogen-bond acceptors (Lipinski definition) is 4. The highest BCUT2D eigenvalue weighted by Crippen LogP contribution is 2.26. The lowest BCUT2D eigenvalue weighted by molar-refractivity contribution is -0.115. The van der Waals surface area contributed by atoms with E-state index in [9.17, 15) is 9.59 Å². The van der Waals surface area contributed by atoms with Gasteiger partial charge < -0.3 is 4.74 Å². The van der Waals surface area contributed by atoms with Gasteiger partial charge in [0.2, 0.25) is 0 Å². The maximum absolute atomic E-state index is 11.4. The number of rotatable bonds is 5. The number of nitrogens with one attached hydrogen (secondary N) is 1. The molecule has 2 amide bonds. The minimum absolute atomic E-state index is 0.323. The second kappa shape index (κ2) is 6.43. The summed E-state index contributed by atoms with van der Waals surface area (Å²) in [6.45, 7) is 2.83. The molecule has 1 aromatic rings. The average Bonchev–Trinajstić information content (AvgIpc) is 2.70. The lowest BCUT2D eigenvalue weighted by Gasteiger charge is -2.05. The fraction of sp³-hybridized carbons (Fsp3) is 0.286. The highest BCUT2D eigenvalue weighted by atomic mass is 32.2. The molecule has 2 rings (SSSR count). The maximum atomic E-state index is 11.4. The molecule has 1 heterocycles. The Hall–Kier alpha value is -1.75. The first-order chi connectivity index (χ1) is 9.19. The maximum Gasteiger partial charge on any atom is 0.290 e. The molecule has 0 saturated carbocycles. The zero-order valence-corrected chi connectivity index (χ0v) is 11.5. The van der Waals surface area contributed by atoms with Crippen LogP contribution in [0.15, 0.2) is 29.2 Å². The van der Waals surface area contributed by atoms with Crippen molar-refractivity contribution >= 4 is 29.0 Å². The van der Waals surface area contributed by atoms with Crippen molar-refractivity contribution in [1.29, 1.82) is 0 Å². The van der Waals surface area contributed by atoms with E-state index >= 15 is 0 Å². The summed E-state index contributed by atoms with van der Waals surface area (Å²) in [6, 6.07) is 7.46. The lowest BCUT2D eigenvalue weighted by Crippen LogP contribution is -2.17. The number of benzene rings is 1. The molecule has 1 aromatic carbocycles. The van der Waals surface area contributed by atoms with Gasteiger partial charge in [0.15, 0.2) is 0 Å². The van der Waals surface area contributed by atoms with Crippen LogP contribution in [0.25, 0.3) is 6.08 Å². The summed E-state index contributed by atoms with van der Waals surface area (Å²) in [5.74, 6) is 0.480. The van der Waals surface area contributed by atoms with Crippen LogP contribution < -0.4 is 10.1 Å². The first-order valence-electron chi connectivity index (χ1n) is 6.17. The van der Waals surface area contributed by atoms with Crippen LogP contribution >= 0.6 is 11.8 Å². The molecule has 0 unspecified atom stereocenters. The van der Waals surface area contributed by atoms with Crippen LogP contribution in [0, 0.1) is 0 Å². The SMILES string of the molecule is CCCCOc1ccc(/C=C2\SC(=O)NC2=O)cc1. The van der Waals surface area contributed by atoms with Gasteiger partial charge in [-0.2, -0.15) is 0 Å². The van der Waals surface area contributed by atoms with Gasteiger partial charge in [-0.25, -0.2) is 0 Å². The third kappa shape index (κ3) is 3.86. The van der Waals surface area contributed by atoms with E-state index < -0.39 is 0 Å². The predicted molar refractivity (Wildman–Crippen MR) is 76.0 cm³/mol. The second-order valence-electron chi connectivity index (χ2n) is 4.12.